The molecule has 1 aromatic heterocycles. The Kier molecular flexibility index (Phi) is 4.04. The summed E-state index contributed by atoms with van der Waals surface area (Å²) in [6.07, 6.45) is 0. The molecule has 0 radical (unpaired) electrons. The van der Waals surface area contributed by atoms with E-state index in [1.807, 2.05) is 0 Å². The molecule has 1 aliphatic rings. The van der Waals surface area contributed by atoms with Crippen LogP contribution >= 0.6 is 15.9 Å². The number of carbonyl (C=O) groups is 2. The van der Waals surface area contributed by atoms with Crippen LogP contribution < -0.4 is 11.0 Å². The highest BCUT2D eigenvalue weighted by Crippen LogP contribution is 2.22. The molecule has 0 saturated carbocycles. The minimum absolute atomic E-state index is 0.0215. The van der Waals surface area contributed by atoms with Crippen molar-refractivity contribution < 1.29 is 9.59 Å². The predicted molar refractivity (Wildman–Crippen MR) is 99.2 cm³/mol. The van der Waals surface area contributed by atoms with Crippen molar-refractivity contribution in [2.75, 3.05) is 5.33 Å². The Morgan fingerprint density at radius 3 is 2.65 bits per heavy atom. The standard InChI is InChI=1S/C18H13BrN4O3/c19-9-16(24)21-22-10-15-20-13-7-3-1-5-11(13)18(26)23(15)14-8-4-2-6-12(14)17(22)25/h1-8H,9-10H2,(H,21,24). The molecule has 8 heteroatoms. The first-order valence-electron chi connectivity index (χ1n) is 7.87. The first-order chi connectivity index (χ1) is 12.6. The van der Waals surface area contributed by atoms with Crippen LogP contribution in [0.1, 0.15) is 16.2 Å². The summed E-state index contributed by atoms with van der Waals surface area (Å²) < 4.78 is 1.44. The van der Waals surface area contributed by atoms with Gasteiger partial charge in [0.2, 0.25) is 5.91 Å². The SMILES string of the molecule is O=C(CBr)NN1Cc2nc3ccccc3c(=O)n2-c2ccccc2C1=O. The van der Waals surface area contributed by atoms with Crippen molar-refractivity contribution in [1.29, 1.82) is 0 Å². The maximum Gasteiger partial charge on any atom is 0.274 e. The lowest BCUT2D eigenvalue weighted by Crippen LogP contribution is -2.46. The smallest absolute Gasteiger partial charge is 0.272 e. The van der Waals surface area contributed by atoms with Gasteiger partial charge in [0, 0.05) is 0 Å². The van der Waals surface area contributed by atoms with Crippen molar-refractivity contribution in [3.05, 3.63) is 70.3 Å². The van der Waals surface area contributed by atoms with Gasteiger partial charge in [-0.3, -0.25) is 24.4 Å². The maximum absolute atomic E-state index is 13.1. The highest BCUT2D eigenvalue weighted by atomic mass is 79.9. The molecule has 0 saturated heterocycles. The Morgan fingerprint density at radius 1 is 1.12 bits per heavy atom. The van der Waals surface area contributed by atoms with E-state index >= 15 is 0 Å². The lowest BCUT2D eigenvalue weighted by atomic mass is 10.1. The number of nitrogens with one attached hydrogen (secondary N) is 1. The number of hydrazine groups is 1. The summed E-state index contributed by atoms with van der Waals surface area (Å²) in [6.45, 7) is -0.0215. The summed E-state index contributed by atoms with van der Waals surface area (Å²) in [5, 5.41) is 1.70. The highest BCUT2D eigenvalue weighted by molar-refractivity contribution is 9.09. The molecule has 0 bridgehead atoms. The van der Waals surface area contributed by atoms with Crippen LogP contribution in [0.5, 0.6) is 0 Å². The topological polar surface area (TPSA) is 84.3 Å². The average Bonchev–Trinajstić information content (AvgIpc) is 2.77. The highest BCUT2D eigenvalue weighted by Gasteiger charge is 2.28. The zero-order chi connectivity index (χ0) is 18.3. The number of rotatable bonds is 2. The Morgan fingerprint density at radius 2 is 1.85 bits per heavy atom. The second-order valence-electron chi connectivity index (χ2n) is 5.76. The van der Waals surface area contributed by atoms with Gasteiger partial charge in [-0.1, -0.05) is 40.2 Å². The van der Waals surface area contributed by atoms with E-state index in [4.69, 9.17) is 0 Å². The monoisotopic (exact) mass is 412 g/mol. The third-order valence-corrected chi connectivity index (χ3v) is 4.66. The van der Waals surface area contributed by atoms with Crippen LogP contribution in [0, 0.1) is 0 Å². The first-order valence-corrected chi connectivity index (χ1v) is 8.99. The first kappa shape index (κ1) is 16.5. The Bertz CT molecular complexity index is 1110. The number of nitrogens with zero attached hydrogens (tertiary/aromatic N) is 3. The van der Waals surface area contributed by atoms with E-state index in [0.717, 1.165) is 0 Å². The average molecular weight is 413 g/mol. The van der Waals surface area contributed by atoms with Crippen LogP contribution in [0.4, 0.5) is 0 Å². The lowest BCUT2D eigenvalue weighted by molar-refractivity contribution is -0.122. The van der Waals surface area contributed by atoms with Crippen molar-refractivity contribution in [1.82, 2.24) is 20.0 Å². The molecule has 1 N–H and O–H groups in total. The van der Waals surface area contributed by atoms with Gasteiger partial charge in [-0.2, -0.15) is 0 Å². The molecule has 26 heavy (non-hydrogen) atoms. The van der Waals surface area contributed by atoms with E-state index in [-0.39, 0.29) is 23.3 Å². The van der Waals surface area contributed by atoms with Gasteiger partial charge in [0.15, 0.2) is 0 Å². The molecule has 0 unspecified atom stereocenters. The molecule has 4 rings (SSSR count). The van der Waals surface area contributed by atoms with Crippen molar-refractivity contribution in [3.8, 4) is 5.69 Å². The Hall–Kier alpha value is -3.00. The summed E-state index contributed by atoms with van der Waals surface area (Å²) in [4.78, 5) is 42.4. The molecule has 3 aromatic rings. The number of hydrogen-bond donors (Lipinski definition) is 1. The molecule has 0 aliphatic carbocycles. The molecular formula is C18H13BrN4O3. The van der Waals surface area contributed by atoms with Crippen LogP contribution in [0.25, 0.3) is 16.6 Å². The number of benzene rings is 2. The van der Waals surface area contributed by atoms with E-state index in [1.165, 1.54) is 9.58 Å². The lowest BCUT2D eigenvalue weighted by Gasteiger charge is -2.20. The second-order valence-corrected chi connectivity index (χ2v) is 6.32. The van der Waals surface area contributed by atoms with Gasteiger partial charge in [-0.15, -0.1) is 0 Å². The quantitative estimate of drug-likeness (QED) is 0.650. The summed E-state index contributed by atoms with van der Waals surface area (Å²) in [5.41, 5.74) is 3.61. The fourth-order valence-corrected chi connectivity index (χ4v) is 3.14. The summed E-state index contributed by atoms with van der Waals surface area (Å²) in [5.74, 6) is -0.391. The van der Waals surface area contributed by atoms with E-state index in [1.54, 1.807) is 48.5 Å². The molecule has 1 aliphatic heterocycles. The molecule has 130 valence electrons. The van der Waals surface area contributed by atoms with Gasteiger partial charge in [0.25, 0.3) is 11.5 Å². The second kappa shape index (κ2) is 6.38. The fourth-order valence-electron chi connectivity index (χ4n) is 3.01. The fraction of sp³-hybridized carbons (Fsp3) is 0.111. The van der Waals surface area contributed by atoms with Crippen LogP contribution in [-0.2, 0) is 11.3 Å². The number of amides is 2. The third kappa shape index (κ3) is 2.59. The summed E-state index contributed by atoms with van der Waals surface area (Å²) in [6, 6.07) is 13.8. The van der Waals surface area contributed by atoms with Gasteiger partial charge < -0.3 is 0 Å². The van der Waals surface area contributed by atoms with E-state index in [9.17, 15) is 14.4 Å². The molecule has 0 atom stereocenters. The number of alkyl halides is 1. The van der Waals surface area contributed by atoms with E-state index in [2.05, 4.69) is 26.3 Å². The predicted octanol–water partition coefficient (Wildman–Crippen LogP) is 1.77. The molecule has 0 spiro atoms. The van der Waals surface area contributed by atoms with Crippen LogP contribution in [-0.4, -0.2) is 31.7 Å². The maximum atomic E-state index is 13.1. The number of carbonyl (C=O) groups excluding carboxylic acids is 2. The van der Waals surface area contributed by atoms with Gasteiger partial charge in [-0.25, -0.2) is 9.99 Å². The number of fused-ring (bicyclic) bond motifs is 4. The van der Waals surface area contributed by atoms with E-state index in [0.29, 0.717) is 28.0 Å². The molecular weight excluding hydrogens is 400 g/mol. The zero-order valence-corrected chi connectivity index (χ0v) is 15.1. The Balaban J connectivity index is 2.01. The van der Waals surface area contributed by atoms with Gasteiger partial charge in [0.05, 0.1) is 27.5 Å². The van der Waals surface area contributed by atoms with Crippen molar-refractivity contribution in [2.45, 2.75) is 6.54 Å². The molecule has 0 fully saturated rings. The van der Waals surface area contributed by atoms with Gasteiger partial charge in [0.1, 0.15) is 12.4 Å². The van der Waals surface area contributed by atoms with Crippen LogP contribution in [0.2, 0.25) is 0 Å². The van der Waals surface area contributed by atoms with Crippen molar-refractivity contribution in [2.24, 2.45) is 0 Å². The number of hydrogen-bond acceptors (Lipinski definition) is 4. The largest absolute Gasteiger partial charge is 0.274 e. The minimum atomic E-state index is -0.399. The summed E-state index contributed by atoms with van der Waals surface area (Å²) in [7, 11) is 0. The van der Waals surface area contributed by atoms with Gasteiger partial charge in [-0.05, 0) is 24.3 Å². The number of halogens is 1. The zero-order valence-electron chi connectivity index (χ0n) is 13.5. The molecule has 7 nitrogen and oxygen atoms in total. The third-order valence-electron chi connectivity index (χ3n) is 4.15. The Labute approximate surface area is 156 Å². The molecule has 2 heterocycles. The molecule has 2 amide bonds. The van der Waals surface area contributed by atoms with E-state index < -0.39 is 5.91 Å². The minimum Gasteiger partial charge on any atom is -0.272 e. The van der Waals surface area contributed by atoms with Crippen molar-refractivity contribution >= 4 is 38.6 Å². The van der Waals surface area contributed by atoms with Crippen molar-refractivity contribution in [3.63, 3.8) is 0 Å². The van der Waals surface area contributed by atoms with Gasteiger partial charge >= 0.3 is 0 Å². The number of para-hydroxylation sites is 2. The van der Waals surface area contributed by atoms with Crippen LogP contribution in [0.15, 0.2) is 53.3 Å². The normalized spacial score (nSPS) is 13.1. The number of aromatic nitrogens is 2. The summed E-state index contributed by atoms with van der Waals surface area (Å²) >= 11 is 3.07. The molecule has 2 aromatic carbocycles. The van der Waals surface area contributed by atoms with Crippen LogP contribution in [0.3, 0.4) is 0 Å².